The third-order valence-electron chi connectivity index (χ3n) is 4.11. The van der Waals surface area contributed by atoms with Crippen molar-refractivity contribution in [2.24, 2.45) is 10.5 Å². The summed E-state index contributed by atoms with van der Waals surface area (Å²) in [4.78, 5) is 27.8. The predicted molar refractivity (Wildman–Crippen MR) is 109 cm³/mol. The average Bonchev–Trinajstić information content (AvgIpc) is 2.67. The van der Waals surface area contributed by atoms with Crippen LogP contribution in [0.3, 0.4) is 0 Å². The van der Waals surface area contributed by atoms with Gasteiger partial charge in [-0.25, -0.2) is 4.98 Å². The number of rotatable bonds is 5. The summed E-state index contributed by atoms with van der Waals surface area (Å²) in [6, 6.07) is 17.1. The maximum Gasteiger partial charge on any atom is 0.269 e. The van der Waals surface area contributed by atoms with Crippen molar-refractivity contribution in [3.8, 4) is 0 Å². The molecule has 0 unspecified atom stereocenters. The SMILES string of the molecule is CC(C)(C)C(=O)/C(=N\Nc1ccc([N+](=O)[O-])cc1)c1ccc2ccccc2n1. The molecular formula is C21H20N4O3. The lowest BCUT2D eigenvalue weighted by atomic mass is 9.87. The topological polar surface area (TPSA) is 97.5 Å². The van der Waals surface area contributed by atoms with Crippen LogP contribution in [-0.4, -0.2) is 21.4 Å². The van der Waals surface area contributed by atoms with Gasteiger partial charge in [-0.1, -0.05) is 45.0 Å². The van der Waals surface area contributed by atoms with Gasteiger partial charge in [0.2, 0.25) is 0 Å². The highest BCUT2D eigenvalue weighted by molar-refractivity contribution is 6.47. The fraction of sp³-hybridized carbons (Fsp3) is 0.190. The Morgan fingerprint density at radius 1 is 1.04 bits per heavy atom. The van der Waals surface area contributed by atoms with Gasteiger partial charge in [-0.15, -0.1) is 0 Å². The highest BCUT2D eigenvalue weighted by atomic mass is 16.6. The molecule has 0 aliphatic heterocycles. The van der Waals surface area contributed by atoms with Crippen molar-refractivity contribution in [1.82, 2.24) is 4.98 Å². The molecule has 0 radical (unpaired) electrons. The summed E-state index contributed by atoms with van der Waals surface area (Å²) >= 11 is 0. The third-order valence-corrected chi connectivity index (χ3v) is 4.11. The Bertz CT molecular complexity index is 1070. The van der Waals surface area contributed by atoms with E-state index < -0.39 is 10.3 Å². The van der Waals surface area contributed by atoms with Crippen LogP contribution in [0.4, 0.5) is 11.4 Å². The summed E-state index contributed by atoms with van der Waals surface area (Å²) in [6.45, 7) is 5.45. The number of ketones is 1. The van der Waals surface area contributed by atoms with E-state index in [4.69, 9.17) is 0 Å². The smallest absolute Gasteiger partial charge is 0.269 e. The first kappa shape index (κ1) is 19.2. The van der Waals surface area contributed by atoms with E-state index in [1.807, 2.05) is 51.1 Å². The predicted octanol–water partition coefficient (Wildman–Crippen LogP) is 4.57. The molecule has 3 aromatic rings. The quantitative estimate of drug-likeness (QED) is 0.399. The fourth-order valence-corrected chi connectivity index (χ4v) is 2.56. The van der Waals surface area contributed by atoms with Gasteiger partial charge in [0.15, 0.2) is 11.5 Å². The highest BCUT2D eigenvalue weighted by Crippen LogP contribution is 2.21. The number of Topliss-reactive ketones (excluding diaryl/α,β-unsaturated/α-hetero) is 1. The maximum atomic E-state index is 13.0. The van der Waals surface area contributed by atoms with Gasteiger partial charge < -0.3 is 0 Å². The summed E-state index contributed by atoms with van der Waals surface area (Å²) in [5.74, 6) is -0.162. The summed E-state index contributed by atoms with van der Waals surface area (Å²) in [5.41, 5.74) is 4.12. The minimum atomic E-state index is -0.649. The monoisotopic (exact) mass is 376 g/mol. The zero-order chi connectivity index (χ0) is 20.3. The number of hydrogen-bond donors (Lipinski definition) is 1. The summed E-state index contributed by atoms with van der Waals surface area (Å²) in [7, 11) is 0. The number of non-ortho nitro benzene ring substituents is 1. The highest BCUT2D eigenvalue weighted by Gasteiger charge is 2.28. The average molecular weight is 376 g/mol. The van der Waals surface area contributed by atoms with Crippen LogP contribution in [0.2, 0.25) is 0 Å². The zero-order valence-electron chi connectivity index (χ0n) is 15.8. The Balaban J connectivity index is 1.99. The number of hydrazone groups is 1. The van der Waals surface area contributed by atoms with Gasteiger partial charge in [-0.05, 0) is 24.3 Å². The van der Waals surface area contributed by atoms with Crippen LogP contribution >= 0.6 is 0 Å². The number of hydrogen-bond acceptors (Lipinski definition) is 6. The lowest BCUT2D eigenvalue weighted by Gasteiger charge is -2.18. The number of nitrogens with one attached hydrogen (secondary N) is 1. The van der Waals surface area contributed by atoms with E-state index in [1.165, 1.54) is 24.3 Å². The third kappa shape index (κ3) is 4.20. The Morgan fingerprint density at radius 2 is 1.71 bits per heavy atom. The van der Waals surface area contributed by atoms with Crippen LogP contribution in [0.5, 0.6) is 0 Å². The lowest BCUT2D eigenvalue weighted by Crippen LogP contribution is -2.30. The first-order valence-corrected chi connectivity index (χ1v) is 8.75. The molecule has 0 spiro atoms. The van der Waals surface area contributed by atoms with E-state index in [2.05, 4.69) is 15.5 Å². The largest absolute Gasteiger partial charge is 0.292 e. The Kier molecular flexibility index (Phi) is 5.17. The standard InChI is InChI=1S/C21H20N4O3/c1-21(2,3)20(26)19(18-13-8-14-6-4-5-7-17(14)22-18)24-23-15-9-11-16(12-10-15)25(27)28/h4-13,23H,1-3H3/b24-19-. The molecule has 0 aliphatic carbocycles. The van der Waals surface area contributed by atoms with Gasteiger partial charge in [0.05, 0.1) is 21.8 Å². The molecule has 28 heavy (non-hydrogen) atoms. The number of nitro benzene ring substituents is 1. The molecule has 7 nitrogen and oxygen atoms in total. The number of benzene rings is 2. The summed E-state index contributed by atoms with van der Waals surface area (Å²) in [5, 5.41) is 16.0. The molecule has 0 saturated heterocycles. The molecule has 0 bridgehead atoms. The Labute approximate surface area is 162 Å². The lowest BCUT2D eigenvalue weighted by molar-refractivity contribution is -0.384. The molecule has 142 valence electrons. The van der Waals surface area contributed by atoms with E-state index in [0.717, 1.165) is 10.9 Å². The second-order valence-electron chi connectivity index (χ2n) is 7.34. The molecule has 7 heteroatoms. The number of aromatic nitrogens is 1. The molecule has 2 aromatic carbocycles. The summed E-state index contributed by atoms with van der Waals surface area (Å²) < 4.78 is 0. The number of para-hydroxylation sites is 1. The summed E-state index contributed by atoms with van der Waals surface area (Å²) in [6.07, 6.45) is 0. The molecule has 1 aromatic heterocycles. The van der Waals surface area contributed by atoms with Crippen LogP contribution in [0, 0.1) is 15.5 Å². The van der Waals surface area contributed by atoms with Crippen molar-refractivity contribution in [3.05, 3.63) is 76.5 Å². The van der Waals surface area contributed by atoms with Gasteiger partial charge in [0.25, 0.3) is 5.69 Å². The number of carbonyl (C=O) groups excluding carboxylic acids is 1. The number of carbonyl (C=O) groups is 1. The van der Waals surface area contributed by atoms with E-state index in [-0.39, 0.29) is 17.2 Å². The first-order chi connectivity index (χ1) is 13.3. The van der Waals surface area contributed by atoms with Gasteiger partial charge in [-0.3, -0.25) is 20.3 Å². The molecule has 3 rings (SSSR count). The number of nitro groups is 1. The number of anilines is 1. The maximum absolute atomic E-state index is 13.0. The Morgan fingerprint density at radius 3 is 2.36 bits per heavy atom. The van der Waals surface area contributed by atoms with Crippen molar-refractivity contribution >= 4 is 33.8 Å². The molecule has 1 heterocycles. The van der Waals surface area contributed by atoms with Crippen LogP contribution in [0.15, 0.2) is 65.8 Å². The first-order valence-electron chi connectivity index (χ1n) is 8.75. The normalized spacial score (nSPS) is 12.0. The van der Waals surface area contributed by atoms with E-state index in [0.29, 0.717) is 11.4 Å². The second kappa shape index (κ2) is 7.56. The van der Waals surface area contributed by atoms with Crippen LogP contribution in [-0.2, 0) is 4.79 Å². The number of pyridine rings is 1. The fourth-order valence-electron chi connectivity index (χ4n) is 2.56. The van der Waals surface area contributed by atoms with Crippen LogP contribution < -0.4 is 5.43 Å². The number of nitrogens with zero attached hydrogens (tertiary/aromatic N) is 3. The van der Waals surface area contributed by atoms with Gasteiger partial charge in [0.1, 0.15) is 0 Å². The molecule has 0 aliphatic rings. The molecule has 1 N–H and O–H groups in total. The minimum absolute atomic E-state index is 0.0169. The minimum Gasteiger partial charge on any atom is -0.292 e. The van der Waals surface area contributed by atoms with E-state index in [1.54, 1.807) is 6.07 Å². The van der Waals surface area contributed by atoms with Crippen molar-refractivity contribution in [1.29, 1.82) is 0 Å². The molecule has 0 saturated carbocycles. The van der Waals surface area contributed by atoms with Crippen LogP contribution in [0.25, 0.3) is 10.9 Å². The zero-order valence-corrected chi connectivity index (χ0v) is 15.8. The van der Waals surface area contributed by atoms with Gasteiger partial charge in [0, 0.05) is 22.9 Å². The molecule has 0 atom stereocenters. The van der Waals surface area contributed by atoms with Crippen molar-refractivity contribution < 1.29 is 9.72 Å². The van der Waals surface area contributed by atoms with Crippen molar-refractivity contribution in [2.45, 2.75) is 20.8 Å². The van der Waals surface area contributed by atoms with Crippen molar-refractivity contribution in [3.63, 3.8) is 0 Å². The van der Waals surface area contributed by atoms with Crippen LogP contribution in [0.1, 0.15) is 26.5 Å². The van der Waals surface area contributed by atoms with Crippen molar-refractivity contribution in [2.75, 3.05) is 5.43 Å². The van der Waals surface area contributed by atoms with E-state index >= 15 is 0 Å². The Hall–Kier alpha value is -3.61. The van der Waals surface area contributed by atoms with Gasteiger partial charge in [-0.2, -0.15) is 5.10 Å². The molecule has 0 amide bonds. The molecule has 0 fully saturated rings. The van der Waals surface area contributed by atoms with Gasteiger partial charge >= 0.3 is 0 Å². The number of fused-ring (bicyclic) bond motifs is 1. The second-order valence-corrected chi connectivity index (χ2v) is 7.34. The van der Waals surface area contributed by atoms with E-state index in [9.17, 15) is 14.9 Å². The molecular weight excluding hydrogens is 356 g/mol.